The fourth-order valence-electron chi connectivity index (χ4n) is 10.1. The lowest BCUT2D eigenvalue weighted by Gasteiger charge is -2.21. The van der Waals surface area contributed by atoms with Crippen LogP contribution in [-0.2, 0) is 65.4 Å². The van der Waals surface area contributed by atoms with Gasteiger partial charge in [0, 0.05) is 25.7 Å². The second-order valence-corrected chi connectivity index (χ2v) is 29.0. The number of phosphoric ester groups is 2. The highest BCUT2D eigenvalue weighted by Gasteiger charge is 2.30. The third kappa shape index (κ3) is 63.0. The van der Waals surface area contributed by atoms with Gasteiger partial charge in [0.05, 0.1) is 26.4 Å². The van der Waals surface area contributed by atoms with E-state index in [0.29, 0.717) is 31.6 Å². The number of hydrogen-bond donors (Lipinski definition) is 3. The number of carbonyl (C=O) groups is 4. The maximum Gasteiger partial charge on any atom is 0.472 e. The van der Waals surface area contributed by atoms with E-state index in [1.54, 1.807) is 0 Å². The molecule has 17 nitrogen and oxygen atoms in total. The summed E-state index contributed by atoms with van der Waals surface area (Å²) >= 11 is 0. The first-order chi connectivity index (χ1) is 43.3. The average Bonchev–Trinajstić information content (AvgIpc) is 2.40. The summed E-state index contributed by atoms with van der Waals surface area (Å²) in [5.74, 6) is 0.0410. The van der Waals surface area contributed by atoms with E-state index in [1.807, 2.05) is 0 Å². The maximum atomic E-state index is 13.0. The van der Waals surface area contributed by atoms with Crippen LogP contribution in [0.15, 0.2) is 24.3 Å². The van der Waals surface area contributed by atoms with E-state index >= 15 is 0 Å². The van der Waals surface area contributed by atoms with Gasteiger partial charge in [0.15, 0.2) is 12.2 Å². The van der Waals surface area contributed by atoms with E-state index in [1.165, 1.54) is 122 Å². The zero-order valence-electron chi connectivity index (χ0n) is 58.1. The van der Waals surface area contributed by atoms with Gasteiger partial charge in [-0.2, -0.15) is 0 Å². The Balaban J connectivity index is 5.26. The van der Waals surface area contributed by atoms with Gasteiger partial charge < -0.3 is 33.8 Å². The topological polar surface area (TPSA) is 237 Å². The fourth-order valence-corrected chi connectivity index (χ4v) is 11.7. The zero-order chi connectivity index (χ0) is 66.6. The number of hydrogen-bond acceptors (Lipinski definition) is 15. The Bertz CT molecular complexity index is 1860. The van der Waals surface area contributed by atoms with Crippen LogP contribution < -0.4 is 0 Å². The van der Waals surface area contributed by atoms with Crippen LogP contribution in [0.1, 0.15) is 331 Å². The highest BCUT2D eigenvalue weighted by Crippen LogP contribution is 2.45. The van der Waals surface area contributed by atoms with Gasteiger partial charge in [-0.1, -0.05) is 278 Å². The molecule has 3 N–H and O–H groups in total. The van der Waals surface area contributed by atoms with E-state index in [-0.39, 0.29) is 25.7 Å². The molecule has 530 valence electrons. The molecule has 0 bridgehead atoms. The summed E-state index contributed by atoms with van der Waals surface area (Å²) < 4.78 is 68.2. The minimum absolute atomic E-state index is 0.0837. The van der Waals surface area contributed by atoms with Gasteiger partial charge in [-0.15, -0.1) is 0 Å². The lowest BCUT2D eigenvalue weighted by atomic mass is 10.00. The first kappa shape index (κ1) is 87.5. The lowest BCUT2D eigenvalue weighted by Crippen LogP contribution is -2.30. The van der Waals surface area contributed by atoms with E-state index in [2.05, 4.69) is 72.8 Å². The van der Waals surface area contributed by atoms with Crippen molar-refractivity contribution in [2.45, 2.75) is 349 Å². The summed E-state index contributed by atoms with van der Waals surface area (Å²) in [6.07, 6.45) is 48.1. The molecule has 0 aliphatic carbocycles. The highest BCUT2D eigenvalue weighted by atomic mass is 31.2. The van der Waals surface area contributed by atoms with Crippen molar-refractivity contribution < 1.29 is 80.2 Å². The number of allylic oxidation sites excluding steroid dienone is 4. The molecule has 0 aliphatic rings. The number of ether oxygens (including phenoxy) is 4. The SMILES string of the molecule is CCCCCC/C=C\C=C/CCCCCCCC(=O)O[C@H](COC(=O)CCCCCCCCCC(C)C)COP(=O)(O)OCC(O)COP(=O)(O)OC[C@@H](COC(=O)CCCCCCCCCCCCCCC(C)C)OC(=O)CCCCCCCCC(C)CC. The predicted molar refractivity (Wildman–Crippen MR) is 363 cm³/mol. The van der Waals surface area contributed by atoms with Crippen LogP contribution in [0.3, 0.4) is 0 Å². The Morgan fingerprint density at radius 2 is 0.656 bits per heavy atom. The van der Waals surface area contributed by atoms with Crippen LogP contribution in [0, 0.1) is 17.8 Å². The van der Waals surface area contributed by atoms with Crippen molar-refractivity contribution >= 4 is 39.5 Å². The number of aliphatic hydroxyl groups is 1. The predicted octanol–water partition coefficient (Wildman–Crippen LogP) is 19.8. The zero-order valence-corrected chi connectivity index (χ0v) is 59.9. The first-order valence-corrected chi connectivity index (χ1v) is 39.2. The van der Waals surface area contributed by atoms with E-state index in [0.717, 1.165) is 121 Å². The quantitative estimate of drug-likeness (QED) is 0.0169. The number of phosphoric acid groups is 2. The number of rotatable bonds is 67. The van der Waals surface area contributed by atoms with Crippen LogP contribution in [0.25, 0.3) is 0 Å². The Labute approximate surface area is 548 Å². The molecule has 0 spiro atoms. The van der Waals surface area contributed by atoms with Gasteiger partial charge in [-0.05, 0) is 69.1 Å². The number of carbonyl (C=O) groups excluding carboxylic acids is 4. The summed E-state index contributed by atoms with van der Waals surface area (Å²) in [6.45, 7) is 11.7. The summed E-state index contributed by atoms with van der Waals surface area (Å²) in [7, 11) is -9.92. The van der Waals surface area contributed by atoms with Crippen molar-refractivity contribution in [2.75, 3.05) is 39.6 Å². The molecule has 0 aliphatic heterocycles. The third-order valence-corrected chi connectivity index (χ3v) is 18.0. The van der Waals surface area contributed by atoms with Crippen LogP contribution in [0.4, 0.5) is 0 Å². The minimum atomic E-state index is -4.96. The number of aliphatic hydroxyl groups excluding tert-OH is 1. The molecule has 0 saturated heterocycles. The third-order valence-electron chi connectivity index (χ3n) is 16.1. The van der Waals surface area contributed by atoms with Gasteiger partial charge in [0.2, 0.25) is 0 Å². The molecule has 4 unspecified atom stereocenters. The molecular formula is C71H134O17P2. The summed E-state index contributed by atoms with van der Waals surface area (Å²) in [5, 5.41) is 10.6. The monoisotopic (exact) mass is 1320 g/mol. The number of unbranched alkanes of at least 4 members (excludes halogenated alkanes) is 31. The highest BCUT2D eigenvalue weighted by molar-refractivity contribution is 7.47. The van der Waals surface area contributed by atoms with E-state index < -0.39 is 97.5 Å². The molecule has 19 heteroatoms. The Morgan fingerprint density at radius 1 is 0.367 bits per heavy atom. The van der Waals surface area contributed by atoms with E-state index in [4.69, 9.17) is 37.0 Å². The first-order valence-electron chi connectivity index (χ1n) is 36.2. The Hall–Kier alpha value is -2.46. The molecule has 0 amide bonds. The van der Waals surface area contributed by atoms with Gasteiger partial charge in [0.25, 0.3) is 0 Å². The van der Waals surface area contributed by atoms with Gasteiger partial charge in [-0.3, -0.25) is 37.3 Å². The minimum Gasteiger partial charge on any atom is -0.462 e. The fraction of sp³-hybridized carbons (Fsp3) is 0.887. The van der Waals surface area contributed by atoms with Crippen molar-refractivity contribution in [1.82, 2.24) is 0 Å². The average molecular weight is 1320 g/mol. The molecule has 90 heavy (non-hydrogen) atoms. The molecule has 0 radical (unpaired) electrons. The molecule has 0 aromatic heterocycles. The summed E-state index contributed by atoms with van der Waals surface area (Å²) in [4.78, 5) is 72.5. The van der Waals surface area contributed by atoms with Crippen molar-refractivity contribution in [3.8, 4) is 0 Å². The molecule has 0 fully saturated rings. The molecule has 0 aromatic rings. The largest absolute Gasteiger partial charge is 0.472 e. The van der Waals surface area contributed by atoms with Crippen LogP contribution in [-0.4, -0.2) is 96.7 Å². The van der Waals surface area contributed by atoms with Crippen LogP contribution in [0.5, 0.6) is 0 Å². The summed E-state index contributed by atoms with van der Waals surface area (Å²) in [6, 6.07) is 0. The van der Waals surface area contributed by atoms with Crippen LogP contribution >= 0.6 is 15.6 Å². The van der Waals surface area contributed by atoms with Gasteiger partial charge in [0.1, 0.15) is 19.3 Å². The molecular weight excluding hydrogens is 1190 g/mol. The Morgan fingerprint density at radius 3 is 0.989 bits per heavy atom. The standard InChI is InChI=1S/C71H134O17P2/c1-8-10-11-12-13-14-15-16-17-18-23-26-31-40-47-54-70(75)87-66(58-82-69(74)53-46-39-32-27-29-36-43-50-63(5)6)60-85-89(77,78)83-56-65(72)57-84-90(79,80)86-61-67(88-71(76)55-48-41-34-33-37-44-51-64(7)9-2)59-81-68(73)52-45-38-30-25-22-20-19-21-24-28-35-42-49-62(3)4/h14-17,62-67,72H,8-13,18-61H2,1-7H3,(H,77,78)(H,79,80)/b15-14-,17-16-/t64?,65?,66-,67-/m1/s1. The van der Waals surface area contributed by atoms with Crippen LogP contribution in [0.2, 0.25) is 0 Å². The molecule has 0 heterocycles. The summed E-state index contributed by atoms with van der Waals surface area (Å²) in [5.41, 5.74) is 0. The maximum absolute atomic E-state index is 13.0. The molecule has 0 aromatic carbocycles. The van der Waals surface area contributed by atoms with Gasteiger partial charge >= 0.3 is 39.5 Å². The van der Waals surface area contributed by atoms with Crippen molar-refractivity contribution in [3.05, 3.63) is 24.3 Å². The van der Waals surface area contributed by atoms with Crippen molar-refractivity contribution in [3.63, 3.8) is 0 Å². The van der Waals surface area contributed by atoms with Crippen molar-refractivity contribution in [2.24, 2.45) is 17.8 Å². The second kappa shape index (κ2) is 61.4. The second-order valence-electron chi connectivity index (χ2n) is 26.1. The molecule has 0 rings (SSSR count). The normalized spacial score (nSPS) is 14.7. The Kier molecular flexibility index (Phi) is 59.7. The molecule has 0 saturated carbocycles. The van der Waals surface area contributed by atoms with Gasteiger partial charge in [-0.25, -0.2) is 9.13 Å². The number of esters is 4. The lowest BCUT2D eigenvalue weighted by molar-refractivity contribution is -0.161. The molecule has 6 atom stereocenters. The van der Waals surface area contributed by atoms with Crippen molar-refractivity contribution in [1.29, 1.82) is 0 Å². The van der Waals surface area contributed by atoms with E-state index in [9.17, 15) is 43.2 Å². The smallest absolute Gasteiger partial charge is 0.462 e.